The van der Waals surface area contributed by atoms with Gasteiger partial charge in [-0.05, 0) is 30.2 Å². The van der Waals surface area contributed by atoms with E-state index in [1.54, 1.807) is 7.05 Å². The number of rotatable bonds is 4. The SMILES string of the molecule is Cn1nnc(CCN2CCC[C@H]2c2ccccc2)n1. The molecule has 0 bridgehead atoms. The van der Waals surface area contributed by atoms with E-state index in [0.717, 1.165) is 18.8 Å². The zero-order chi connectivity index (χ0) is 13.1. The number of benzene rings is 1. The Hall–Kier alpha value is -1.75. The first kappa shape index (κ1) is 12.3. The van der Waals surface area contributed by atoms with Crippen LogP contribution < -0.4 is 0 Å². The molecule has 1 aromatic carbocycles. The van der Waals surface area contributed by atoms with Crippen LogP contribution in [0, 0.1) is 0 Å². The first-order valence-corrected chi connectivity index (χ1v) is 6.85. The fourth-order valence-corrected chi connectivity index (χ4v) is 2.81. The van der Waals surface area contributed by atoms with Crippen molar-refractivity contribution in [3.05, 3.63) is 41.7 Å². The second-order valence-corrected chi connectivity index (χ2v) is 5.05. The van der Waals surface area contributed by atoms with E-state index >= 15 is 0 Å². The summed E-state index contributed by atoms with van der Waals surface area (Å²) in [5, 5.41) is 12.2. The molecule has 5 nitrogen and oxygen atoms in total. The first-order valence-electron chi connectivity index (χ1n) is 6.85. The molecule has 0 radical (unpaired) electrons. The van der Waals surface area contributed by atoms with Gasteiger partial charge in [0.2, 0.25) is 0 Å². The van der Waals surface area contributed by atoms with E-state index in [-0.39, 0.29) is 0 Å². The van der Waals surface area contributed by atoms with Crippen LogP contribution in [0.4, 0.5) is 0 Å². The maximum Gasteiger partial charge on any atom is 0.176 e. The highest BCUT2D eigenvalue weighted by Gasteiger charge is 2.25. The van der Waals surface area contributed by atoms with Crippen LogP contribution in [0.5, 0.6) is 0 Å². The summed E-state index contributed by atoms with van der Waals surface area (Å²) in [5.74, 6) is 0.834. The fourth-order valence-electron chi connectivity index (χ4n) is 2.81. The molecule has 100 valence electrons. The normalized spacial score (nSPS) is 19.9. The monoisotopic (exact) mass is 257 g/mol. The molecule has 3 rings (SSSR count). The molecule has 1 atom stereocenters. The van der Waals surface area contributed by atoms with Crippen LogP contribution in [-0.2, 0) is 13.5 Å². The van der Waals surface area contributed by atoms with Gasteiger partial charge >= 0.3 is 0 Å². The van der Waals surface area contributed by atoms with Gasteiger partial charge in [0, 0.05) is 19.0 Å². The summed E-state index contributed by atoms with van der Waals surface area (Å²) in [6, 6.07) is 11.3. The summed E-state index contributed by atoms with van der Waals surface area (Å²) in [7, 11) is 1.80. The van der Waals surface area contributed by atoms with E-state index in [1.165, 1.54) is 29.7 Å². The van der Waals surface area contributed by atoms with Crippen molar-refractivity contribution in [2.75, 3.05) is 13.1 Å². The van der Waals surface area contributed by atoms with Gasteiger partial charge in [0.05, 0.1) is 7.05 Å². The third-order valence-corrected chi connectivity index (χ3v) is 3.72. The molecule has 1 aliphatic heterocycles. The highest BCUT2D eigenvalue weighted by atomic mass is 15.6. The lowest BCUT2D eigenvalue weighted by molar-refractivity contribution is 0.259. The lowest BCUT2D eigenvalue weighted by Gasteiger charge is -2.24. The van der Waals surface area contributed by atoms with Crippen LogP contribution in [-0.4, -0.2) is 38.2 Å². The molecule has 1 aliphatic rings. The Bertz CT molecular complexity index is 522. The second kappa shape index (κ2) is 5.48. The number of likely N-dealkylation sites (tertiary alicyclic amines) is 1. The Morgan fingerprint density at radius 3 is 2.84 bits per heavy atom. The fraction of sp³-hybridized carbons (Fsp3) is 0.500. The number of aromatic nitrogens is 4. The summed E-state index contributed by atoms with van der Waals surface area (Å²) in [6.45, 7) is 2.17. The summed E-state index contributed by atoms with van der Waals surface area (Å²) in [6.07, 6.45) is 3.39. The zero-order valence-electron chi connectivity index (χ0n) is 11.2. The average molecular weight is 257 g/mol. The second-order valence-electron chi connectivity index (χ2n) is 5.05. The highest BCUT2D eigenvalue weighted by molar-refractivity contribution is 5.20. The third-order valence-electron chi connectivity index (χ3n) is 3.72. The molecule has 0 spiro atoms. The van der Waals surface area contributed by atoms with Gasteiger partial charge in [0.25, 0.3) is 0 Å². The van der Waals surface area contributed by atoms with Gasteiger partial charge in [0.15, 0.2) is 5.82 Å². The molecule has 2 aromatic rings. The molecule has 5 heteroatoms. The average Bonchev–Trinajstić information content (AvgIpc) is 3.06. The minimum atomic E-state index is 0.554. The summed E-state index contributed by atoms with van der Waals surface area (Å²) < 4.78 is 0. The van der Waals surface area contributed by atoms with Gasteiger partial charge in [-0.3, -0.25) is 4.90 Å². The third kappa shape index (κ3) is 2.81. The minimum absolute atomic E-state index is 0.554. The lowest BCUT2D eigenvalue weighted by atomic mass is 10.0. The van der Waals surface area contributed by atoms with Gasteiger partial charge in [0.1, 0.15) is 0 Å². The van der Waals surface area contributed by atoms with Crippen LogP contribution in [0.25, 0.3) is 0 Å². The van der Waals surface area contributed by atoms with E-state index in [2.05, 4.69) is 50.6 Å². The Morgan fingerprint density at radius 1 is 1.26 bits per heavy atom. The van der Waals surface area contributed by atoms with Crippen LogP contribution in [0.2, 0.25) is 0 Å². The molecule has 0 N–H and O–H groups in total. The van der Waals surface area contributed by atoms with Crippen molar-refractivity contribution in [1.82, 2.24) is 25.1 Å². The topological polar surface area (TPSA) is 46.8 Å². The van der Waals surface area contributed by atoms with Gasteiger partial charge in [-0.1, -0.05) is 30.3 Å². The maximum atomic E-state index is 4.24. The van der Waals surface area contributed by atoms with Gasteiger partial charge < -0.3 is 0 Å². The predicted octanol–water partition coefficient (Wildman–Crippen LogP) is 1.59. The quantitative estimate of drug-likeness (QED) is 0.834. The van der Waals surface area contributed by atoms with Crippen LogP contribution in [0.3, 0.4) is 0 Å². The largest absolute Gasteiger partial charge is 0.296 e. The number of hydrogen-bond acceptors (Lipinski definition) is 4. The van der Waals surface area contributed by atoms with E-state index in [1.807, 2.05) is 0 Å². The number of tetrazole rings is 1. The van der Waals surface area contributed by atoms with Gasteiger partial charge in [-0.25, -0.2) is 0 Å². The van der Waals surface area contributed by atoms with E-state index in [9.17, 15) is 0 Å². The summed E-state index contributed by atoms with van der Waals surface area (Å²) in [4.78, 5) is 4.06. The van der Waals surface area contributed by atoms with Crippen molar-refractivity contribution in [1.29, 1.82) is 0 Å². The standard InChI is InChI=1S/C14H19N5/c1-18-16-14(15-17-18)9-11-19-10-5-8-13(19)12-6-3-2-4-7-12/h2-4,6-7,13H,5,8-11H2,1H3/t13-/m0/s1. The summed E-state index contributed by atoms with van der Waals surface area (Å²) >= 11 is 0. The maximum absolute atomic E-state index is 4.24. The highest BCUT2D eigenvalue weighted by Crippen LogP contribution is 2.31. The van der Waals surface area contributed by atoms with E-state index in [4.69, 9.17) is 0 Å². The Morgan fingerprint density at radius 2 is 2.11 bits per heavy atom. The molecule has 0 saturated carbocycles. The van der Waals surface area contributed by atoms with Crippen molar-refractivity contribution < 1.29 is 0 Å². The number of hydrogen-bond donors (Lipinski definition) is 0. The number of aryl methyl sites for hydroxylation is 1. The minimum Gasteiger partial charge on any atom is -0.296 e. The van der Waals surface area contributed by atoms with E-state index < -0.39 is 0 Å². The molecule has 19 heavy (non-hydrogen) atoms. The Labute approximate surface area is 113 Å². The predicted molar refractivity (Wildman–Crippen MR) is 72.5 cm³/mol. The van der Waals surface area contributed by atoms with Crippen molar-refractivity contribution in [2.45, 2.75) is 25.3 Å². The van der Waals surface area contributed by atoms with Crippen LogP contribution in [0.1, 0.15) is 30.3 Å². The Balaban J connectivity index is 1.64. The summed E-state index contributed by atoms with van der Waals surface area (Å²) in [5.41, 5.74) is 1.42. The molecule has 0 amide bonds. The molecule has 0 aliphatic carbocycles. The van der Waals surface area contributed by atoms with Crippen molar-refractivity contribution in [3.63, 3.8) is 0 Å². The van der Waals surface area contributed by atoms with Crippen LogP contribution >= 0.6 is 0 Å². The van der Waals surface area contributed by atoms with Gasteiger partial charge in [-0.15, -0.1) is 10.2 Å². The van der Waals surface area contributed by atoms with E-state index in [0.29, 0.717) is 6.04 Å². The molecule has 2 heterocycles. The molecule has 1 saturated heterocycles. The molecular formula is C14H19N5. The Kier molecular flexibility index (Phi) is 3.55. The first-order chi connectivity index (χ1) is 9.33. The van der Waals surface area contributed by atoms with Crippen molar-refractivity contribution >= 4 is 0 Å². The molecule has 0 unspecified atom stereocenters. The number of nitrogens with zero attached hydrogens (tertiary/aromatic N) is 5. The smallest absolute Gasteiger partial charge is 0.176 e. The van der Waals surface area contributed by atoms with Crippen molar-refractivity contribution in [2.24, 2.45) is 7.05 Å². The zero-order valence-corrected chi connectivity index (χ0v) is 11.2. The van der Waals surface area contributed by atoms with Crippen LogP contribution in [0.15, 0.2) is 30.3 Å². The molecule has 1 fully saturated rings. The molecule has 1 aromatic heterocycles. The van der Waals surface area contributed by atoms with Crippen molar-refractivity contribution in [3.8, 4) is 0 Å². The van der Waals surface area contributed by atoms with Gasteiger partial charge in [-0.2, -0.15) is 4.80 Å². The lowest BCUT2D eigenvalue weighted by Crippen LogP contribution is -2.26. The molecular weight excluding hydrogens is 238 g/mol.